The van der Waals surface area contributed by atoms with Crippen molar-refractivity contribution in [2.45, 2.75) is 19.2 Å². The van der Waals surface area contributed by atoms with Crippen LogP contribution in [-0.2, 0) is 17.8 Å². The number of rotatable bonds is 7. The summed E-state index contributed by atoms with van der Waals surface area (Å²) in [7, 11) is 0. The van der Waals surface area contributed by atoms with Crippen molar-refractivity contribution in [2.75, 3.05) is 26.2 Å². The molecule has 0 radical (unpaired) electrons. The van der Waals surface area contributed by atoms with Crippen molar-refractivity contribution in [1.82, 2.24) is 15.5 Å². The van der Waals surface area contributed by atoms with Gasteiger partial charge in [0.25, 0.3) is 0 Å². The number of morpholine rings is 1. The van der Waals surface area contributed by atoms with Gasteiger partial charge in [0.2, 0.25) is 0 Å². The lowest BCUT2D eigenvalue weighted by molar-refractivity contribution is -0.0287. The highest BCUT2D eigenvalue weighted by Crippen LogP contribution is 2.10. The Hall–Kier alpha value is -2.90. The zero-order chi connectivity index (χ0) is 19.8. The van der Waals surface area contributed by atoms with Crippen LogP contribution < -0.4 is 10.6 Å². The Labute approximate surface area is 164 Å². The van der Waals surface area contributed by atoms with Crippen LogP contribution in [0.1, 0.15) is 21.5 Å². The number of aromatic carboxylic acids is 1. The van der Waals surface area contributed by atoms with Crippen LogP contribution in [0.25, 0.3) is 0 Å². The minimum absolute atomic E-state index is 0.0435. The molecule has 28 heavy (non-hydrogen) atoms. The van der Waals surface area contributed by atoms with Crippen LogP contribution >= 0.6 is 0 Å². The number of benzene rings is 2. The van der Waals surface area contributed by atoms with E-state index in [1.165, 1.54) is 17.7 Å². The van der Waals surface area contributed by atoms with Crippen LogP contribution in [0.3, 0.4) is 0 Å². The maximum atomic E-state index is 12.0. The SMILES string of the molecule is O=C(NCc1ccc(C(=O)O)cc1)NCC1CN(Cc2ccccc2)CCO1. The summed E-state index contributed by atoms with van der Waals surface area (Å²) in [5.74, 6) is -0.967. The highest BCUT2D eigenvalue weighted by atomic mass is 16.5. The average molecular weight is 383 g/mol. The van der Waals surface area contributed by atoms with E-state index in [2.05, 4.69) is 27.7 Å². The molecule has 0 aromatic heterocycles. The first kappa shape index (κ1) is 19.9. The molecular weight excluding hydrogens is 358 g/mol. The molecule has 1 aliphatic heterocycles. The minimum Gasteiger partial charge on any atom is -0.478 e. The molecule has 0 saturated carbocycles. The van der Waals surface area contributed by atoms with Crippen LogP contribution in [0, 0.1) is 0 Å². The van der Waals surface area contributed by atoms with Gasteiger partial charge >= 0.3 is 12.0 Å². The fourth-order valence-electron chi connectivity index (χ4n) is 3.11. The van der Waals surface area contributed by atoms with Gasteiger partial charge in [-0.2, -0.15) is 0 Å². The topological polar surface area (TPSA) is 90.9 Å². The van der Waals surface area contributed by atoms with Crippen molar-refractivity contribution in [1.29, 1.82) is 0 Å². The molecule has 148 valence electrons. The second kappa shape index (κ2) is 9.87. The summed E-state index contributed by atoms with van der Waals surface area (Å²) in [6, 6.07) is 16.5. The molecule has 1 unspecified atom stereocenters. The van der Waals surface area contributed by atoms with Crippen LogP contribution in [0.2, 0.25) is 0 Å². The molecule has 1 saturated heterocycles. The first-order valence-electron chi connectivity index (χ1n) is 9.32. The van der Waals surface area contributed by atoms with Gasteiger partial charge in [-0.1, -0.05) is 42.5 Å². The first-order valence-corrected chi connectivity index (χ1v) is 9.32. The summed E-state index contributed by atoms with van der Waals surface area (Å²) in [6.07, 6.45) is -0.0435. The molecule has 3 rings (SSSR count). The largest absolute Gasteiger partial charge is 0.478 e. The number of nitrogens with one attached hydrogen (secondary N) is 2. The Bertz CT molecular complexity index is 780. The summed E-state index contributed by atoms with van der Waals surface area (Å²) in [5, 5.41) is 14.5. The highest BCUT2D eigenvalue weighted by Gasteiger charge is 2.21. The lowest BCUT2D eigenvalue weighted by Crippen LogP contribution is -2.48. The highest BCUT2D eigenvalue weighted by molar-refractivity contribution is 5.87. The molecule has 0 bridgehead atoms. The van der Waals surface area contributed by atoms with Crippen molar-refractivity contribution in [3.63, 3.8) is 0 Å². The van der Waals surface area contributed by atoms with E-state index in [9.17, 15) is 9.59 Å². The summed E-state index contributed by atoms with van der Waals surface area (Å²) < 4.78 is 5.75. The molecule has 1 heterocycles. The number of nitrogens with zero attached hydrogens (tertiary/aromatic N) is 1. The Morgan fingerprint density at radius 3 is 2.50 bits per heavy atom. The number of ether oxygens (including phenoxy) is 1. The standard InChI is InChI=1S/C21H25N3O4/c25-20(26)18-8-6-16(7-9-18)12-22-21(27)23-13-19-15-24(10-11-28-19)14-17-4-2-1-3-5-17/h1-9,19H,10-15H2,(H,25,26)(H2,22,23,27). The second-order valence-electron chi connectivity index (χ2n) is 6.78. The van der Waals surface area contributed by atoms with E-state index in [0.29, 0.717) is 19.7 Å². The quantitative estimate of drug-likeness (QED) is 0.681. The smallest absolute Gasteiger partial charge is 0.335 e. The Kier molecular flexibility index (Phi) is 7.00. The molecular formula is C21H25N3O4. The number of urea groups is 1. The Morgan fingerprint density at radius 1 is 1.04 bits per heavy atom. The molecule has 1 aliphatic rings. The summed E-state index contributed by atoms with van der Waals surface area (Å²) >= 11 is 0. The van der Waals surface area contributed by atoms with E-state index >= 15 is 0 Å². The van der Waals surface area contributed by atoms with E-state index in [-0.39, 0.29) is 17.7 Å². The van der Waals surface area contributed by atoms with Crippen molar-refractivity contribution in [3.8, 4) is 0 Å². The number of carboxylic acids is 1. The third kappa shape index (κ3) is 6.07. The summed E-state index contributed by atoms with van der Waals surface area (Å²) in [6.45, 7) is 3.94. The third-order valence-corrected chi connectivity index (χ3v) is 4.62. The van der Waals surface area contributed by atoms with Gasteiger partial charge in [0.1, 0.15) is 0 Å². The Morgan fingerprint density at radius 2 is 1.79 bits per heavy atom. The van der Waals surface area contributed by atoms with Crippen molar-refractivity contribution < 1.29 is 19.4 Å². The van der Waals surface area contributed by atoms with Gasteiger partial charge in [-0.25, -0.2) is 9.59 Å². The van der Waals surface area contributed by atoms with Crippen molar-refractivity contribution in [2.24, 2.45) is 0 Å². The van der Waals surface area contributed by atoms with Gasteiger partial charge in [-0.15, -0.1) is 0 Å². The molecule has 2 amide bonds. The normalized spacial score (nSPS) is 17.1. The van der Waals surface area contributed by atoms with Gasteiger partial charge in [0, 0.05) is 32.7 Å². The molecule has 1 fully saturated rings. The maximum absolute atomic E-state index is 12.0. The number of hydrogen-bond donors (Lipinski definition) is 3. The fourth-order valence-corrected chi connectivity index (χ4v) is 3.11. The van der Waals surface area contributed by atoms with E-state index in [0.717, 1.165) is 25.2 Å². The van der Waals surface area contributed by atoms with Crippen LogP contribution in [0.4, 0.5) is 4.79 Å². The van der Waals surface area contributed by atoms with E-state index < -0.39 is 5.97 Å². The summed E-state index contributed by atoms with van der Waals surface area (Å²) in [5.41, 5.74) is 2.33. The zero-order valence-corrected chi connectivity index (χ0v) is 15.6. The lowest BCUT2D eigenvalue weighted by atomic mass is 10.1. The second-order valence-corrected chi connectivity index (χ2v) is 6.78. The molecule has 2 aromatic carbocycles. The number of hydrogen-bond acceptors (Lipinski definition) is 4. The van der Waals surface area contributed by atoms with E-state index in [1.807, 2.05) is 18.2 Å². The molecule has 0 spiro atoms. The van der Waals surface area contributed by atoms with E-state index in [4.69, 9.17) is 9.84 Å². The monoisotopic (exact) mass is 383 g/mol. The van der Waals surface area contributed by atoms with Crippen molar-refractivity contribution in [3.05, 3.63) is 71.3 Å². The zero-order valence-electron chi connectivity index (χ0n) is 15.6. The van der Waals surface area contributed by atoms with Gasteiger partial charge < -0.3 is 20.5 Å². The molecule has 1 atom stereocenters. The Balaban J connectivity index is 1.38. The summed E-state index contributed by atoms with van der Waals surface area (Å²) in [4.78, 5) is 25.2. The molecule has 2 aromatic rings. The number of carbonyl (C=O) groups is 2. The fraction of sp³-hybridized carbons (Fsp3) is 0.333. The molecule has 7 nitrogen and oxygen atoms in total. The number of carbonyl (C=O) groups excluding carboxylic acids is 1. The number of amides is 2. The lowest BCUT2D eigenvalue weighted by Gasteiger charge is -2.33. The third-order valence-electron chi connectivity index (χ3n) is 4.62. The predicted octanol–water partition coefficient (Wildman–Crippen LogP) is 2.08. The molecule has 0 aliphatic carbocycles. The molecule has 3 N–H and O–H groups in total. The van der Waals surface area contributed by atoms with Gasteiger partial charge in [-0.05, 0) is 23.3 Å². The van der Waals surface area contributed by atoms with Gasteiger partial charge in [0.15, 0.2) is 0 Å². The predicted molar refractivity (Wildman–Crippen MR) is 105 cm³/mol. The van der Waals surface area contributed by atoms with Crippen LogP contribution in [-0.4, -0.2) is 54.4 Å². The van der Waals surface area contributed by atoms with Gasteiger partial charge in [-0.3, -0.25) is 4.90 Å². The van der Waals surface area contributed by atoms with Crippen LogP contribution in [0.5, 0.6) is 0 Å². The van der Waals surface area contributed by atoms with Crippen LogP contribution in [0.15, 0.2) is 54.6 Å². The minimum atomic E-state index is -0.967. The number of carboxylic acid groups (broad SMARTS) is 1. The average Bonchev–Trinajstić information content (AvgIpc) is 2.72. The maximum Gasteiger partial charge on any atom is 0.335 e. The van der Waals surface area contributed by atoms with Crippen molar-refractivity contribution >= 4 is 12.0 Å². The van der Waals surface area contributed by atoms with Gasteiger partial charge in [0.05, 0.1) is 18.3 Å². The van der Waals surface area contributed by atoms with E-state index in [1.54, 1.807) is 12.1 Å². The molecule has 7 heteroatoms. The first-order chi connectivity index (χ1) is 13.6.